The lowest BCUT2D eigenvalue weighted by atomic mass is 9.83. The minimum Gasteiger partial charge on any atom is -0.401 e. The van der Waals surface area contributed by atoms with Gasteiger partial charge in [-0.2, -0.15) is 0 Å². The normalized spacial score (nSPS) is 19.8. The monoisotopic (exact) mass is 425 g/mol. The molecule has 2 N–H and O–H groups in total. The summed E-state index contributed by atoms with van der Waals surface area (Å²) >= 11 is 7.90. The minimum absolute atomic E-state index is 0.0230. The van der Waals surface area contributed by atoms with E-state index >= 15 is 0 Å². The van der Waals surface area contributed by atoms with Crippen LogP contribution in [0, 0.1) is 5.92 Å². The lowest BCUT2D eigenvalue weighted by Gasteiger charge is -2.33. The number of nitrogens with two attached hydrogens (primary N) is 1. The third kappa shape index (κ3) is 3.89. The van der Waals surface area contributed by atoms with E-state index in [2.05, 4.69) is 23.7 Å². The molecular formula is C23H24ClN3OS. The molecule has 150 valence electrons. The van der Waals surface area contributed by atoms with Crippen LogP contribution in [0.3, 0.4) is 0 Å². The number of carbonyl (C=O) groups excluding carboxylic acids is 1. The number of halogens is 1. The van der Waals surface area contributed by atoms with Crippen molar-refractivity contribution in [3.63, 3.8) is 0 Å². The Hall–Kier alpha value is -2.37. The molecule has 0 spiro atoms. The van der Waals surface area contributed by atoms with Crippen molar-refractivity contribution in [2.24, 2.45) is 16.6 Å². The van der Waals surface area contributed by atoms with Crippen molar-refractivity contribution in [1.82, 2.24) is 4.90 Å². The predicted octanol–water partition coefficient (Wildman–Crippen LogP) is 4.84. The lowest BCUT2D eigenvalue weighted by Crippen LogP contribution is -2.37. The molecule has 2 aliphatic rings. The second-order valence-electron chi connectivity index (χ2n) is 7.52. The second-order valence-corrected chi connectivity index (χ2v) is 9.29. The molecule has 0 bridgehead atoms. The maximum Gasteiger partial charge on any atom is 0.246 e. The Morgan fingerprint density at radius 3 is 2.79 bits per heavy atom. The second kappa shape index (κ2) is 8.17. The zero-order chi connectivity index (χ0) is 20.5. The average Bonchev–Trinajstić information content (AvgIpc) is 3.51. The molecule has 0 saturated heterocycles. The van der Waals surface area contributed by atoms with Crippen molar-refractivity contribution in [3.05, 3.63) is 74.6 Å². The van der Waals surface area contributed by atoms with E-state index in [1.54, 1.807) is 18.4 Å². The largest absolute Gasteiger partial charge is 0.401 e. The number of amides is 1. The van der Waals surface area contributed by atoms with Crippen LogP contribution in [0.2, 0.25) is 4.34 Å². The molecule has 6 heteroatoms. The molecule has 2 aromatic rings. The van der Waals surface area contributed by atoms with Crippen LogP contribution in [0.5, 0.6) is 0 Å². The topological polar surface area (TPSA) is 58.7 Å². The molecule has 1 fully saturated rings. The van der Waals surface area contributed by atoms with E-state index in [-0.39, 0.29) is 11.8 Å². The number of aliphatic imine (C=N–C) groups is 1. The number of rotatable bonds is 5. The molecule has 4 nitrogen and oxygen atoms in total. The third-order valence-electron chi connectivity index (χ3n) is 5.62. The van der Waals surface area contributed by atoms with Crippen molar-refractivity contribution in [1.29, 1.82) is 0 Å². The highest BCUT2D eigenvalue weighted by molar-refractivity contribution is 7.16. The number of nitrogens with zero attached hydrogens (tertiary/aromatic N) is 2. The van der Waals surface area contributed by atoms with Gasteiger partial charge in [0.15, 0.2) is 0 Å². The van der Waals surface area contributed by atoms with Gasteiger partial charge in [-0.3, -0.25) is 9.79 Å². The molecule has 1 aromatic heterocycles. The number of hydrogen-bond acceptors (Lipinski definition) is 4. The fraction of sp³-hybridized carbons (Fsp3) is 0.304. The van der Waals surface area contributed by atoms with Crippen LogP contribution in [0.1, 0.15) is 40.3 Å². The lowest BCUT2D eigenvalue weighted by molar-refractivity contribution is -0.127. The average molecular weight is 426 g/mol. The molecule has 0 unspecified atom stereocenters. The number of thiophene rings is 1. The van der Waals surface area contributed by atoms with Gasteiger partial charge in [-0.15, -0.1) is 11.3 Å². The highest BCUT2D eigenvalue weighted by Gasteiger charge is 2.33. The summed E-state index contributed by atoms with van der Waals surface area (Å²) in [6.07, 6.45) is 5.50. The molecule has 1 amide bonds. The highest BCUT2D eigenvalue weighted by Crippen LogP contribution is 2.43. The summed E-state index contributed by atoms with van der Waals surface area (Å²) < 4.78 is 0.744. The first-order valence-electron chi connectivity index (χ1n) is 9.74. The van der Waals surface area contributed by atoms with E-state index in [4.69, 9.17) is 17.3 Å². The quantitative estimate of drug-likeness (QED) is 0.550. The summed E-state index contributed by atoms with van der Waals surface area (Å²) in [6.45, 7) is 4.81. The van der Waals surface area contributed by atoms with Gasteiger partial charge in [0.25, 0.3) is 0 Å². The summed E-state index contributed by atoms with van der Waals surface area (Å²) in [4.78, 5) is 19.7. The van der Waals surface area contributed by atoms with E-state index in [1.165, 1.54) is 11.6 Å². The molecule has 1 aliphatic carbocycles. The van der Waals surface area contributed by atoms with Crippen LogP contribution in [0.25, 0.3) is 5.57 Å². The maximum atomic E-state index is 12.4. The Morgan fingerprint density at radius 2 is 2.10 bits per heavy atom. The number of benzene rings is 1. The first-order chi connectivity index (χ1) is 14.0. The first-order valence-corrected chi connectivity index (χ1v) is 10.9. The molecule has 2 heterocycles. The van der Waals surface area contributed by atoms with Gasteiger partial charge in [0.05, 0.1) is 10.9 Å². The fourth-order valence-corrected chi connectivity index (χ4v) is 5.39. The Balaban J connectivity index is 1.85. The van der Waals surface area contributed by atoms with E-state index < -0.39 is 0 Å². The molecule has 1 atom stereocenters. The van der Waals surface area contributed by atoms with Crippen molar-refractivity contribution in [2.45, 2.75) is 25.3 Å². The number of allylic oxidation sites excluding steroid dienone is 2. The van der Waals surface area contributed by atoms with Gasteiger partial charge in [0.1, 0.15) is 0 Å². The zero-order valence-corrected chi connectivity index (χ0v) is 18.0. The summed E-state index contributed by atoms with van der Waals surface area (Å²) in [5.41, 5.74) is 11.8. The molecular weight excluding hydrogens is 402 g/mol. The standard InChI is InChI=1S/C23H24ClN3OS/c1-3-22(28)27-12-19(17-10-21(24)29-20(17)13-27)16-7-5-4-6-15(16)18(11-26-2)23(25)14-8-9-14/h3-7,10-11,14,19H,1,8-9,12-13,25H2,2H3/t19-/m1/s1. The molecule has 29 heavy (non-hydrogen) atoms. The molecule has 0 radical (unpaired) electrons. The summed E-state index contributed by atoms with van der Waals surface area (Å²) in [6, 6.07) is 10.3. The fourth-order valence-electron chi connectivity index (χ4n) is 4.04. The van der Waals surface area contributed by atoms with Crippen LogP contribution in [0.15, 0.2) is 53.7 Å². The van der Waals surface area contributed by atoms with Gasteiger partial charge in [0, 0.05) is 41.9 Å². The predicted molar refractivity (Wildman–Crippen MR) is 121 cm³/mol. The highest BCUT2D eigenvalue weighted by atomic mass is 35.5. The minimum atomic E-state index is -0.0639. The van der Waals surface area contributed by atoms with Crippen molar-refractivity contribution < 1.29 is 4.79 Å². The number of fused-ring (bicyclic) bond motifs is 1. The van der Waals surface area contributed by atoms with Crippen molar-refractivity contribution in [2.75, 3.05) is 13.6 Å². The van der Waals surface area contributed by atoms with Crippen LogP contribution in [0.4, 0.5) is 0 Å². The van der Waals surface area contributed by atoms with Crippen LogP contribution in [-0.4, -0.2) is 30.6 Å². The molecule has 1 saturated carbocycles. The summed E-state index contributed by atoms with van der Waals surface area (Å²) in [5, 5.41) is 0. The van der Waals surface area contributed by atoms with Crippen molar-refractivity contribution in [3.8, 4) is 0 Å². The van der Waals surface area contributed by atoms with Gasteiger partial charge in [-0.05, 0) is 47.6 Å². The third-order valence-corrected chi connectivity index (χ3v) is 6.89. The first kappa shape index (κ1) is 19.9. The Bertz CT molecular complexity index is 1020. The number of carbonyl (C=O) groups is 1. The van der Waals surface area contributed by atoms with Crippen LogP contribution < -0.4 is 5.73 Å². The summed E-state index contributed by atoms with van der Waals surface area (Å²) in [5.74, 6) is 0.397. The summed E-state index contributed by atoms with van der Waals surface area (Å²) in [7, 11) is 1.77. The Labute approximate surface area is 180 Å². The number of hydrogen-bond donors (Lipinski definition) is 1. The van der Waals surface area contributed by atoms with E-state index in [0.29, 0.717) is 19.0 Å². The molecule has 1 aliphatic heterocycles. The van der Waals surface area contributed by atoms with Crippen LogP contribution in [-0.2, 0) is 11.3 Å². The molecule has 4 rings (SSSR count). The smallest absolute Gasteiger partial charge is 0.246 e. The van der Waals surface area contributed by atoms with E-state index in [9.17, 15) is 4.79 Å². The van der Waals surface area contributed by atoms with Crippen molar-refractivity contribution >= 4 is 40.6 Å². The molecule has 1 aromatic carbocycles. The van der Waals surface area contributed by atoms with E-state index in [1.807, 2.05) is 29.3 Å². The SMILES string of the molecule is C=CC(=O)N1Cc2sc(Cl)cc2[C@@H](c2ccccc2C(C=NC)=C(N)C2CC2)C1. The van der Waals surface area contributed by atoms with Gasteiger partial charge < -0.3 is 10.6 Å². The van der Waals surface area contributed by atoms with Crippen LogP contribution >= 0.6 is 22.9 Å². The van der Waals surface area contributed by atoms with Gasteiger partial charge in [0.2, 0.25) is 5.91 Å². The maximum absolute atomic E-state index is 12.4. The Kier molecular flexibility index (Phi) is 5.61. The van der Waals surface area contributed by atoms with Gasteiger partial charge in [-0.25, -0.2) is 0 Å². The van der Waals surface area contributed by atoms with Gasteiger partial charge in [-0.1, -0.05) is 42.4 Å². The Morgan fingerprint density at radius 1 is 1.34 bits per heavy atom. The zero-order valence-electron chi connectivity index (χ0n) is 16.4. The van der Waals surface area contributed by atoms with E-state index in [0.717, 1.165) is 44.5 Å². The van der Waals surface area contributed by atoms with Gasteiger partial charge >= 0.3 is 0 Å².